The zero-order chi connectivity index (χ0) is 9.38. The molecule has 1 aliphatic heterocycles. The zero-order valence-corrected chi connectivity index (χ0v) is 8.11. The highest BCUT2D eigenvalue weighted by Crippen LogP contribution is 2.37. The Morgan fingerprint density at radius 3 is 3.21 bits per heavy atom. The van der Waals surface area contributed by atoms with Crippen LogP contribution in [0.1, 0.15) is 18.4 Å². The van der Waals surface area contributed by atoms with E-state index in [-0.39, 0.29) is 0 Å². The van der Waals surface area contributed by atoms with Crippen molar-refractivity contribution in [1.82, 2.24) is 10.3 Å². The van der Waals surface area contributed by atoms with Crippen molar-refractivity contribution in [1.29, 1.82) is 0 Å². The van der Waals surface area contributed by atoms with Gasteiger partial charge in [0.05, 0.1) is 0 Å². The monoisotopic (exact) mass is 186 g/mol. The number of hydrogen-bond acceptors (Lipinski definition) is 2. The van der Waals surface area contributed by atoms with Crippen LogP contribution in [0.2, 0.25) is 0 Å². The number of nitrogens with one attached hydrogen (secondary N) is 1. The van der Waals surface area contributed by atoms with E-state index in [1.807, 2.05) is 18.5 Å². The third kappa shape index (κ3) is 1.26. The third-order valence-electron chi connectivity index (χ3n) is 3.25. The van der Waals surface area contributed by atoms with Crippen molar-refractivity contribution >= 4 is 5.57 Å². The summed E-state index contributed by atoms with van der Waals surface area (Å²) in [6, 6.07) is 4.80. The minimum atomic E-state index is 0.615. The Balaban J connectivity index is 1.96. The SMILES string of the molecule is C1=C(c2cccnc2)C2CCNC1C2. The van der Waals surface area contributed by atoms with Gasteiger partial charge in [0, 0.05) is 18.4 Å². The molecule has 72 valence electrons. The first-order valence-corrected chi connectivity index (χ1v) is 5.29. The second-order valence-corrected chi connectivity index (χ2v) is 4.15. The summed E-state index contributed by atoms with van der Waals surface area (Å²) in [4.78, 5) is 4.18. The molecule has 2 heteroatoms. The lowest BCUT2D eigenvalue weighted by atomic mass is 9.91. The summed E-state index contributed by atoms with van der Waals surface area (Å²) in [6.45, 7) is 1.16. The average molecular weight is 186 g/mol. The minimum Gasteiger partial charge on any atom is -0.310 e. The van der Waals surface area contributed by atoms with Crippen LogP contribution >= 0.6 is 0 Å². The summed E-state index contributed by atoms with van der Waals surface area (Å²) in [5, 5.41) is 3.51. The highest BCUT2D eigenvalue weighted by Gasteiger charge is 2.30. The van der Waals surface area contributed by atoms with Gasteiger partial charge in [-0.05, 0) is 42.5 Å². The van der Waals surface area contributed by atoms with Gasteiger partial charge in [0.25, 0.3) is 0 Å². The van der Waals surface area contributed by atoms with Crippen LogP contribution in [0, 0.1) is 5.92 Å². The predicted molar refractivity (Wildman–Crippen MR) is 56.7 cm³/mol. The molecule has 1 aromatic rings. The van der Waals surface area contributed by atoms with Gasteiger partial charge in [-0.15, -0.1) is 0 Å². The first-order valence-electron chi connectivity index (χ1n) is 5.29. The molecule has 0 aromatic carbocycles. The zero-order valence-electron chi connectivity index (χ0n) is 8.11. The number of allylic oxidation sites excluding steroid dienone is 1. The molecule has 1 fully saturated rings. The molecule has 0 spiro atoms. The lowest BCUT2D eigenvalue weighted by Gasteiger charge is -2.21. The molecule has 1 saturated heterocycles. The number of fused-ring (bicyclic) bond motifs is 2. The Morgan fingerprint density at radius 2 is 2.43 bits per heavy atom. The molecule has 0 amide bonds. The van der Waals surface area contributed by atoms with Crippen molar-refractivity contribution in [2.45, 2.75) is 18.9 Å². The molecule has 2 nitrogen and oxygen atoms in total. The fourth-order valence-corrected chi connectivity index (χ4v) is 2.58. The Hall–Kier alpha value is -1.15. The Labute approximate surface area is 84.1 Å². The van der Waals surface area contributed by atoms with Crippen LogP contribution in [0.3, 0.4) is 0 Å². The van der Waals surface area contributed by atoms with E-state index >= 15 is 0 Å². The summed E-state index contributed by atoms with van der Waals surface area (Å²) in [5.74, 6) is 0.769. The molecule has 2 unspecified atom stereocenters. The molecule has 1 aliphatic carbocycles. The van der Waals surface area contributed by atoms with Crippen molar-refractivity contribution in [3.63, 3.8) is 0 Å². The molecule has 0 saturated carbocycles. The first kappa shape index (κ1) is 8.18. The molecule has 14 heavy (non-hydrogen) atoms. The number of nitrogens with zero attached hydrogens (tertiary/aromatic N) is 1. The van der Waals surface area contributed by atoms with Gasteiger partial charge >= 0.3 is 0 Å². The lowest BCUT2D eigenvalue weighted by Crippen LogP contribution is -2.32. The van der Waals surface area contributed by atoms with Crippen molar-refractivity contribution in [3.8, 4) is 0 Å². The molecule has 2 bridgehead atoms. The van der Waals surface area contributed by atoms with Gasteiger partial charge in [0.2, 0.25) is 0 Å². The van der Waals surface area contributed by atoms with E-state index < -0.39 is 0 Å². The summed E-state index contributed by atoms with van der Waals surface area (Å²) in [6.07, 6.45) is 8.76. The maximum atomic E-state index is 4.18. The number of pyridine rings is 1. The van der Waals surface area contributed by atoms with E-state index in [9.17, 15) is 0 Å². The van der Waals surface area contributed by atoms with Gasteiger partial charge < -0.3 is 5.32 Å². The summed E-state index contributed by atoms with van der Waals surface area (Å²) >= 11 is 0. The van der Waals surface area contributed by atoms with Gasteiger partial charge in [-0.2, -0.15) is 0 Å². The fourth-order valence-electron chi connectivity index (χ4n) is 2.58. The van der Waals surface area contributed by atoms with E-state index in [0.717, 1.165) is 12.5 Å². The van der Waals surface area contributed by atoms with Gasteiger partial charge in [-0.25, -0.2) is 0 Å². The van der Waals surface area contributed by atoms with Crippen LogP contribution in [0.15, 0.2) is 30.6 Å². The predicted octanol–water partition coefficient (Wildman–Crippen LogP) is 1.85. The molecule has 2 atom stereocenters. The summed E-state index contributed by atoms with van der Waals surface area (Å²) < 4.78 is 0. The largest absolute Gasteiger partial charge is 0.310 e. The summed E-state index contributed by atoms with van der Waals surface area (Å²) in [7, 11) is 0. The third-order valence-corrected chi connectivity index (χ3v) is 3.25. The number of hydrogen-bond donors (Lipinski definition) is 1. The standard InChI is InChI=1S/C12H14N2/c1-2-10(8-13-4-1)12-7-11-6-9(12)3-5-14-11/h1-2,4,7-9,11,14H,3,5-6H2. The van der Waals surface area contributed by atoms with Crippen LogP contribution in [-0.2, 0) is 0 Å². The number of aromatic nitrogens is 1. The molecule has 3 rings (SSSR count). The van der Waals surface area contributed by atoms with E-state index in [4.69, 9.17) is 0 Å². The van der Waals surface area contributed by atoms with Gasteiger partial charge in [0.15, 0.2) is 0 Å². The number of rotatable bonds is 1. The van der Waals surface area contributed by atoms with E-state index in [1.54, 1.807) is 0 Å². The molecule has 1 N–H and O–H groups in total. The Morgan fingerprint density at radius 1 is 1.43 bits per heavy atom. The second kappa shape index (κ2) is 3.21. The van der Waals surface area contributed by atoms with Crippen LogP contribution in [0.25, 0.3) is 5.57 Å². The molecule has 1 aromatic heterocycles. The van der Waals surface area contributed by atoms with Crippen molar-refractivity contribution in [2.24, 2.45) is 5.92 Å². The average Bonchev–Trinajstić information content (AvgIpc) is 2.55. The number of piperidine rings is 1. The maximum Gasteiger partial charge on any atom is 0.0343 e. The normalized spacial score (nSPS) is 30.1. The molecule has 2 heterocycles. The van der Waals surface area contributed by atoms with E-state index in [1.165, 1.54) is 24.0 Å². The quantitative estimate of drug-likeness (QED) is 0.724. The fraction of sp³-hybridized carbons (Fsp3) is 0.417. The highest BCUT2D eigenvalue weighted by atomic mass is 14.9. The van der Waals surface area contributed by atoms with Gasteiger partial charge in [-0.3, -0.25) is 4.98 Å². The van der Waals surface area contributed by atoms with Crippen LogP contribution in [-0.4, -0.2) is 17.6 Å². The van der Waals surface area contributed by atoms with Crippen LogP contribution in [0.5, 0.6) is 0 Å². The Bertz CT molecular complexity index is 356. The molecular weight excluding hydrogens is 172 g/mol. The maximum absolute atomic E-state index is 4.18. The van der Waals surface area contributed by atoms with Gasteiger partial charge in [0.1, 0.15) is 0 Å². The van der Waals surface area contributed by atoms with Crippen LogP contribution < -0.4 is 5.32 Å². The van der Waals surface area contributed by atoms with Crippen molar-refractivity contribution in [2.75, 3.05) is 6.54 Å². The highest BCUT2D eigenvalue weighted by molar-refractivity contribution is 5.70. The van der Waals surface area contributed by atoms with E-state index in [2.05, 4.69) is 22.4 Å². The smallest absolute Gasteiger partial charge is 0.0343 e. The molecule has 2 aliphatic rings. The first-order chi connectivity index (χ1) is 6.93. The topological polar surface area (TPSA) is 24.9 Å². The minimum absolute atomic E-state index is 0.615. The Kier molecular flexibility index (Phi) is 1.88. The van der Waals surface area contributed by atoms with Gasteiger partial charge in [-0.1, -0.05) is 12.1 Å². The van der Waals surface area contributed by atoms with Crippen molar-refractivity contribution < 1.29 is 0 Å². The summed E-state index contributed by atoms with van der Waals surface area (Å²) in [5.41, 5.74) is 2.82. The lowest BCUT2D eigenvalue weighted by molar-refractivity contribution is 0.419. The van der Waals surface area contributed by atoms with Crippen LogP contribution in [0.4, 0.5) is 0 Å². The second-order valence-electron chi connectivity index (χ2n) is 4.15. The van der Waals surface area contributed by atoms with Crippen molar-refractivity contribution in [3.05, 3.63) is 36.2 Å². The molecule has 0 radical (unpaired) electrons. The molecular formula is C12H14N2. The van der Waals surface area contributed by atoms with E-state index in [0.29, 0.717) is 6.04 Å².